The molecule has 0 aliphatic rings. The van der Waals surface area contributed by atoms with Crippen molar-refractivity contribution in [3.05, 3.63) is 103 Å². The number of nitrogens with one attached hydrogen (secondary N) is 1. The summed E-state index contributed by atoms with van der Waals surface area (Å²) in [4.78, 5) is 3.62. The number of para-hydroxylation sites is 3. The summed E-state index contributed by atoms with van der Waals surface area (Å²) < 4.78 is 5.07. The van der Waals surface area contributed by atoms with Gasteiger partial charge in [0.25, 0.3) is 0 Å². The van der Waals surface area contributed by atoms with Gasteiger partial charge in [-0.05, 0) is 48.5 Å². The van der Waals surface area contributed by atoms with Crippen LogP contribution in [0.5, 0.6) is 0 Å². The number of aromatic nitrogens is 2. The van der Waals surface area contributed by atoms with Crippen LogP contribution in [0.25, 0.3) is 69.5 Å². The second-order valence-corrected chi connectivity index (χ2v) is 9.77. The predicted molar refractivity (Wildman–Crippen MR) is 143 cm³/mol. The van der Waals surface area contributed by atoms with Crippen LogP contribution in [0.1, 0.15) is 0 Å². The Morgan fingerprint density at radius 3 is 2.21 bits per heavy atom. The van der Waals surface area contributed by atoms with Crippen LogP contribution < -0.4 is 0 Å². The number of hydrogen-bond acceptors (Lipinski definition) is 1. The van der Waals surface area contributed by atoms with Crippen LogP contribution in [-0.2, 0) is 0 Å². The maximum Gasteiger partial charge on any atom is 0.0555 e. The molecule has 5 aromatic carbocycles. The lowest BCUT2D eigenvalue weighted by Gasteiger charge is -2.07. The Balaban J connectivity index is 1.59. The average Bonchev–Trinajstić information content (AvgIpc) is 3.51. The number of H-pyrrole nitrogens is 1. The fourth-order valence-electron chi connectivity index (χ4n) is 5.52. The number of aromatic amines is 1. The molecule has 0 unspecified atom stereocenters. The Bertz CT molecular complexity index is 2020. The van der Waals surface area contributed by atoms with Crippen LogP contribution in [0, 0.1) is 0 Å². The Labute approximate surface area is 193 Å². The van der Waals surface area contributed by atoms with Gasteiger partial charge in [0.1, 0.15) is 0 Å². The van der Waals surface area contributed by atoms with Crippen molar-refractivity contribution in [3.8, 4) is 5.69 Å². The molecule has 8 rings (SSSR count). The molecule has 3 aromatic heterocycles. The zero-order valence-electron chi connectivity index (χ0n) is 17.7. The number of rotatable bonds is 1. The van der Waals surface area contributed by atoms with Crippen LogP contribution in [0.4, 0.5) is 0 Å². The Morgan fingerprint density at radius 2 is 1.30 bits per heavy atom. The topological polar surface area (TPSA) is 20.7 Å². The van der Waals surface area contributed by atoms with E-state index in [0.29, 0.717) is 0 Å². The third-order valence-corrected chi connectivity index (χ3v) is 8.03. The second kappa shape index (κ2) is 6.25. The highest BCUT2D eigenvalue weighted by molar-refractivity contribution is 7.26. The van der Waals surface area contributed by atoms with Crippen LogP contribution in [0.3, 0.4) is 0 Å². The van der Waals surface area contributed by atoms with Crippen molar-refractivity contribution in [2.45, 2.75) is 0 Å². The number of benzene rings is 5. The van der Waals surface area contributed by atoms with Crippen molar-refractivity contribution < 1.29 is 0 Å². The lowest BCUT2D eigenvalue weighted by Crippen LogP contribution is -1.92. The summed E-state index contributed by atoms with van der Waals surface area (Å²) in [5.74, 6) is 0. The minimum Gasteiger partial charge on any atom is -0.354 e. The summed E-state index contributed by atoms with van der Waals surface area (Å²) in [6.45, 7) is 0. The van der Waals surface area contributed by atoms with Crippen LogP contribution >= 0.6 is 11.3 Å². The molecule has 0 fully saturated rings. The van der Waals surface area contributed by atoms with E-state index in [1.165, 1.54) is 69.5 Å². The molecule has 0 amide bonds. The van der Waals surface area contributed by atoms with E-state index in [9.17, 15) is 0 Å². The Hall–Kier alpha value is -4.08. The van der Waals surface area contributed by atoms with E-state index in [4.69, 9.17) is 0 Å². The Kier molecular flexibility index (Phi) is 3.31. The molecule has 1 N–H and O–H groups in total. The highest BCUT2D eigenvalue weighted by Gasteiger charge is 2.17. The molecule has 2 nitrogen and oxygen atoms in total. The van der Waals surface area contributed by atoms with Crippen LogP contribution in [-0.4, -0.2) is 9.55 Å². The zero-order chi connectivity index (χ0) is 21.5. The third kappa shape index (κ3) is 2.27. The first-order chi connectivity index (χ1) is 16.4. The molecule has 0 bridgehead atoms. The second-order valence-electron chi connectivity index (χ2n) is 8.69. The zero-order valence-corrected chi connectivity index (χ0v) is 18.5. The predicted octanol–water partition coefficient (Wildman–Crippen LogP) is 8.79. The highest BCUT2D eigenvalue weighted by atomic mass is 32.1. The van der Waals surface area contributed by atoms with Gasteiger partial charge in [0.15, 0.2) is 0 Å². The Morgan fingerprint density at radius 1 is 0.515 bits per heavy atom. The lowest BCUT2D eigenvalue weighted by molar-refractivity contribution is 1.18. The van der Waals surface area contributed by atoms with E-state index in [-0.39, 0.29) is 0 Å². The molecule has 3 heteroatoms. The molecule has 0 aliphatic heterocycles. The fourth-order valence-corrected chi connectivity index (χ4v) is 6.65. The smallest absolute Gasteiger partial charge is 0.0555 e. The van der Waals surface area contributed by atoms with Crippen molar-refractivity contribution in [2.75, 3.05) is 0 Å². The van der Waals surface area contributed by atoms with Gasteiger partial charge >= 0.3 is 0 Å². The van der Waals surface area contributed by atoms with E-state index in [1.807, 2.05) is 11.3 Å². The van der Waals surface area contributed by atoms with Gasteiger partial charge in [0, 0.05) is 58.4 Å². The summed E-state index contributed by atoms with van der Waals surface area (Å²) in [5, 5.41) is 7.93. The number of thiophene rings is 1. The summed E-state index contributed by atoms with van der Waals surface area (Å²) in [7, 11) is 0. The van der Waals surface area contributed by atoms with Crippen LogP contribution in [0.15, 0.2) is 103 Å². The van der Waals surface area contributed by atoms with Gasteiger partial charge in [-0.1, -0.05) is 54.6 Å². The molecule has 0 saturated carbocycles. The van der Waals surface area contributed by atoms with Gasteiger partial charge in [-0.25, -0.2) is 0 Å². The van der Waals surface area contributed by atoms with Gasteiger partial charge in [-0.3, -0.25) is 0 Å². The first-order valence-corrected chi connectivity index (χ1v) is 12.0. The first kappa shape index (κ1) is 17.5. The van der Waals surface area contributed by atoms with E-state index >= 15 is 0 Å². The van der Waals surface area contributed by atoms with E-state index < -0.39 is 0 Å². The van der Waals surface area contributed by atoms with Crippen molar-refractivity contribution in [1.29, 1.82) is 0 Å². The largest absolute Gasteiger partial charge is 0.354 e. The summed E-state index contributed by atoms with van der Waals surface area (Å²) in [5.41, 5.74) is 6.11. The average molecular weight is 439 g/mol. The van der Waals surface area contributed by atoms with Crippen molar-refractivity contribution >= 4 is 75.1 Å². The van der Waals surface area contributed by atoms with Gasteiger partial charge in [0.05, 0.1) is 11.0 Å². The van der Waals surface area contributed by atoms with Gasteiger partial charge in [-0.2, -0.15) is 0 Å². The molecule has 0 spiro atoms. The highest BCUT2D eigenvalue weighted by Crippen LogP contribution is 2.44. The SMILES string of the molecule is c1ccc(-n2c3ccccc3c3cc4c(cc32)sc2ccc3[nH]c5ccccc5c3c24)cc1. The maximum absolute atomic E-state index is 3.62. The van der Waals surface area contributed by atoms with Gasteiger partial charge < -0.3 is 9.55 Å². The summed E-state index contributed by atoms with van der Waals surface area (Å²) in [6.07, 6.45) is 0. The molecule has 0 radical (unpaired) electrons. The molecular formula is C30H18N2S. The maximum atomic E-state index is 3.62. The quantitative estimate of drug-likeness (QED) is 0.264. The standard InChI is InChI=1S/C30H18N2S/c1-2-8-18(9-3-1)32-25-13-7-5-10-19(25)21-16-22-28(17-26(21)32)33-27-15-14-24-29(30(22)27)20-11-4-6-12-23(20)31-24/h1-17,31H. The lowest BCUT2D eigenvalue weighted by atomic mass is 10.0. The minimum atomic E-state index is 1.20. The fraction of sp³-hybridized carbons (Fsp3) is 0. The van der Waals surface area contributed by atoms with Crippen LogP contribution in [0.2, 0.25) is 0 Å². The molecule has 0 aliphatic carbocycles. The molecule has 33 heavy (non-hydrogen) atoms. The molecule has 8 aromatic rings. The first-order valence-electron chi connectivity index (χ1n) is 11.2. The molecule has 154 valence electrons. The van der Waals surface area contributed by atoms with Crippen molar-refractivity contribution in [1.82, 2.24) is 9.55 Å². The number of fused-ring (bicyclic) bond motifs is 10. The number of nitrogens with zero attached hydrogens (tertiary/aromatic N) is 1. The molecule has 3 heterocycles. The molecule has 0 saturated heterocycles. The van der Waals surface area contributed by atoms with Gasteiger partial charge in [0.2, 0.25) is 0 Å². The molecular weight excluding hydrogens is 420 g/mol. The summed E-state index contributed by atoms with van der Waals surface area (Å²) in [6, 6.07) is 37.4. The van der Waals surface area contributed by atoms with E-state index in [0.717, 1.165) is 0 Å². The number of hydrogen-bond donors (Lipinski definition) is 1. The van der Waals surface area contributed by atoms with Gasteiger partial charge in [-0.15, -0.1) is 11.3 Å². The van der Waals surface area contributed by atoms with E-state index in [2.05, 4.69) is 113 Å². The minimum absolute atomic E-state index is 1.20. The van der Waals surface area contributed by atoms with Crippen molar-refractivity contribution in [2.24, 2.45) is 0 Å². The normalized spacial score (nSPS) is 12.2. The third-order valence-electron chi connectivity index (χ3n) is 6.91. The molecule has 0 atom stereocenters. The monoisotopic (exact) mass is 438 g/mol. The van der Waals surface area contributed by atoms with Crippen molar-refractivity contribution in [3.63, 3.8) is 0 Å². The summed E-state index contributed by atoms with van der Waals surface area (Å²) >= 11 is 1.89. The van der Waals surface area contributed by atoms with E-state index in [1.54, 1.807) is 0 Å².